The smallest absolute Gasteiger partial charge is 0.239 e. The summed E-state index contributed by atoms with van der Waals surface area (Å²) in [5.74, 6) is 2.16. The molecule has 0 fully saturated rings. The maximum Gasteiger partial charge on any atom is 0.239 e. The van der Waals surface area contributed by atoms with Crippen LogP contribution in [-0.4, -0.2) is 46.2 Å². The fourth-order valence-corrected chi connectivity index (χ4v) is 2.74. The maximum absolute atomic E-state index is 12.1. The lowest BCUT2D eigenvalue weighted by Gasteiger charge is -2.13. The Kier molecular flexibility index (Phi) is 11.7. The van der Waals surface area contributed by atoms with Gasteiger partial charge in [-0.3, -0.25) is 9.79 Å². The van der Waals surface area contributed by atoms with Gasteiger partial charge in [-0.2, -0.15) is 0 Å². The summed E-state index contributed by atoms with van der Waals surface area (Å²) >= 11 is 0. The van der Waals surface area contributed by atoms with Gasteiger partial charge in [-0.05, 0) is 48.2 Å². The molecule has 30 heavy (non-hydrogen) atoms. The number of guanidine groups is 1. The van der Waals surface area contributed by atoms with Crippen LogP contribution in [-0.2, 0) is 17.8 Å². The summed E-state index contributed by atoms with van der Waals surface area (Å²) in [6.45, 7) is 3.33. The Labute approximate surface area is 195 Å². The molecular weight excluding hydrogens is 495 g/mol. The van der Waals surface area contributed by atoms with Gasteiger partial charge in [-0.1, -0.05) is 24.3 Å². The van der Waals surface area contributed by atoms with Gasteiger partial charge in [0.1, 0.15) is 11.5 Å². The van der Waals surface area contributed by atoms with Crippen molar-refractivity contribution in [1.82, 2.24) is 16.0 Å². The van der Waals surface area contributed by atoms with E-state index < -0.39 is 0 Å². The zero-order valence-corrected chi connectivity index (χ0v) is 20.3. The van der Waals surface area contributed by atoms with Crippen molar-refractivity contribution in [2.45, 2.75) is 19.9 Å². The number of carbonyl (C=O) groups is 1. The van der Waals surface area contributed by atoms with E-state index in [9.17, 15) is 4.79 Å². The summed E-state index contributed by atoms with van der Waals surface area (Å²) in [6.07, 6.45) is 0.820. The Bertz CT molecular complexity index is 826. The standard InChI is InChI=1S/C22H30N4O3.HI/c1-16-5-6-17(13-20(16)29-4)11-12-24-22(23-2)26-15-21(27)25-14-18-7-9-19(28-3)10-8-18;/h5-10,13H,11-12,14-15H2,1-4H3,(H,25,27)(H2,23,24,26);1H. The highest BCUT2D eigenvalue weighted by Crippen LogP contribution is 2.19. The molecule has 3 N–H and O–H groups in total. The Hall–Kier alpha value is -2.49. The fraction of sp³-hybridized carbons (Fsp3) is 0.364. The second kappa shape index (κ2) is 13.7. The number of nitrogens with zero attached hydrogens (tertiary/aromatic N) is 1. The minimum atomic E-state index is -0.105. The van der Waals surface area contributed by atoms with Gasteiger partial charge in [0.25, 0.3) is 0 Å². The lowest BCUT2D eigenvalue weighted by atomic mass is 10.1. The molecule has 164 valence electrons. The van der Waals surface area contributed by atoms with Gasteiger partial charge >= 0.3 is 0 Å². The number of halogens is 1. The van der Waals surface area contributed by atoms with E-state index in [0.717, 1.165) is 29.0 Å². The average Bonchev–Trinajstić information content (AvgIpc) is 2.76. The van der Waals surface area contributed by atoms with Crippen LogP contribution in [0.3, 0.4) is 0 Å². The highest BCUT2D eigenvalue weighted by molar-refractivity contribution is 14.0. The predicted octanol–water partition coefficient (Wildman–Crippen LogP) is 2.65. The number of nitrogens with one attached hydrogen (secondary N) is 3. The monoisotopic (exact) mass is 526 g/mol. The third-order valence-corrected chi connectivity index (χ3v) is 4.47. The van der Waals surface area contributed by atoms with Gasteiger partial charge in [-0.25, -0.2) is 0 Å². The van der Waals surface area contributed by atoms with Gasteiger partial charge in [0.05, 0.1) is 20.8 Å². The number of hydrogen-bond donors (Lipinski definition) is 3. The summed E-state index contributed by atoms with van der Waals surface area (Å²) in [5, 5.41) is 9.12. The highest BCUT2D eigenvalue weighted by atomic mass is 127. The van der Waals surface area contributed by atoms with Gasteiger partial charge in [0.15, 0.2) is 5.96 Å². The molecule has 0 aliphatic carbocycles. The third-order valence-electron chi connectivity index (χ3n) is 4.47. The first kappa shape index (κ1) is 25.5. The van der Waals surface area contributed by atoms with Gasteiger partial charge in [0.2, 0.25) is 5.91 Å². The van der Waals surface area contributed by atoms with E-state index in [1.807, 2.05) is 43.3 Å². The molecule has 2 aromatic carbocycles. The van der Waals surface area contributed by atoms with Crippen LogP contribution < -0.4 is 25.4 Å². The van der Waals surface area contributed by atoms with E-state index >= 15 is 0 Å². The number of benzene rings is 2. The minimum absolute atomic E-state index is 0. The molecule has 0 radical (unpaired) electrons. The highest BCUT2D eigenvalue weighted by Gasteiger charge is 2.05. The second-order valence-electron chi connectivity index (χ2n) is 6.53. The van der Waals surface area contributed by atoms with Crippen molar-refractivity contribution < 1.29 is 14.3 Å². The number of aliphatic imine (C=N–C) groups is 1. The molecule has 0 spiro atoms. The van der Waals surface area contributed by atoms with Crippen molar-refractivity contribution in [3.8, 4) is 11.5 Å². The Morgan fingerprint density at radius 1 is 0.967 bits per heavy atom. The maximum atomic E-state index is 12.1. The number of methoxy groups -OCH3 is 2. The fourth-order valence-electron chi connectivity index (χ4n) is 2.74. The van der Waals surface area contributed by atoms with Gasteiger partial charge in [0, 0.05) is 20.1 Å². The van der Waals surface area contributed by atoms with E-state index in [1.165, 1.54) is 5.56 Å². The second-order valence-corrected chi connectivity index (χ2v) is 6.53. The average molecular weight is 526 g/mol. The normalized spacial score (nSPS) is 10.6. The molecule has 0 aliphatic rings. The van der Waals surface area contributed by atoms with Crippen LogP contribution >= 0.6 is 24.0 Å². The first-order valence-electron chi connectivity index (χ1n) is 9.53. The lowest BCUT2D eigenvalue weighted by Crippen LogP contribution is -2.43. The first-order chi connectivity index (χ1) is 14.0. The van der Waals surface area contributed by atoms with Crippen molar-refractivity contribution in [3.63, 3.8) is 0 Å². The van der Waals surface area contributed by atoms with Crippen LogP contribution in [0.5, 0.6) is 11.5 Å². The SMILES string of the molecule is CN=C(NCCc1ccc(C)c(OC)c1)NCC(=O)NCc1ccc(OC)cc1.I. The van der Waals surface area contributed by atoms with Crippen LogP contribution in [0.15, 0.2) is 47.5 Å². The molecule has 0 atom stereocenters. The van der Waals surface area contributed by atoms with Crippen LogP contribution in [0.25, 0.3) is 0 Å². The molecule has 8 heteroatoms. The summed E-state index contributed by atoms with van der Waals surface area (Å²) in [5.41, 5.74) is 3.30. The third kappa shape index (κ3) is 8.48. The van der Waals surface area contributed by atoms with Crippen molar-refractivity contribution in [1.29, 1.82) is 0 Å². The van der Waals surface area contributed by atoms with Crippen LogP contribution in [0.1, 0.15) is 16.7 Å². The Morgan fingerprint density at radius 3 is 2.30 bits per heavy atom. The molecule has 0 aliphatic heterocycles. The predicted molar refractivity (Wildman–Crippen MR) is 131 cm³/mol. The molecule has 2 aromatic rings. The zero-order chi connectivity index (χ0) is 21.1. The Morgan fingerprint density at radius 2 is 1.67 bits per heavy atom. The van der Waals surface area contributed by atoms with Gasteiger partial charge in [-0.15, -0.1) is 24.0 Å². The van der Waals surface area contributed by atoms with Crippen molar-refractivity contribution in [2.24, 2.45) is 4.99 Å². The van der Waals surface area contributed by atoms with Gasteiger partial charge < -0.3 is 25.4 Å². The van der Waals surface area contributed by atoms with E-state index in [1.54, 1.807) is 21.3 Å². The van der Waals surface area contributed by atoms with Crippen molar-refractivity contribution in [3.05, 3.63) is 59.2 Å². The molecule has 0 heterocycles. The largest absolute Gasteiger partial charge is 0.497 e. The van der Waals surface area contributed by atoms with Crippen LogP contribution in [0.2, 0.25) is 0 Å². The first-order valence-corrected chi connectivity index (χ1v) is 9.53. The number of rotatable bonds is 9. The number of amides is 1. The number of carbonyl (C=O) groups excluding carboxylic acids is 1. The number of aryl methyl sites for hydroxylation is 1. The summed E-state index contributed by atoms with van der Waals surface area (Å²) < 4.78 is 10.5. The number of ether oxygens (including phenoxy) is 2. The van der Waals surface area contributed by atoms with Crippen molar-refractivity contribution in [2.75, 3.05) is 34.4 Å². The molecule has 1 amide bonds. The molecule has 0 saturated carbocycles. The number of hydrogen-bond acceptors (Lipinski definition) is 4. The van der Waals surface area contributed by atoms with E-state index in [-0.39, 0.29) is 36.4 Å². The van der Waals surface area contributed by atoms with Crippen LogP contribution in [0, 0.1) is 6.92 Å². The molecule has 0 bridgehead atoms. The van der Waals surface area contributed by atoms with Crippen molar-refractivity contribution >= 4 is 35.8 Å². The van der Waals surface area contributed by atoms with E-state index in [2.05, 4.69) is 27.0 Å². The van der Waals surface area contributed by atoms with Crippen LogP contribution in [0.4, 0.5) is 0 Å². The quantitative estimate of drug-likeness (QED) is 0.266. The molecule has 0 aromatic heterocycles. The molecule has 0 saturated heterocycles. The molecule has 7 nitrogen and oxygen atoms in total. The lowest BCUT2D eigenvalue weighted by molar-refractivity contribution is -0.120. The Balaban J connectivity index is 0.00000450. The summed E-state index contributed by atoms with van der Waals surface area (Å²) in [7, 11) is 4.98. The van der Waals surface area contributed by atoms with E-state index in [0.29, 0.717) is 19.0 Å². The van der Waals surface area contributed by atoms with E-state index in [4.69, 9.17) is 9.47 Å². The zero-order valence-electron chi connectivity index (χ0n) is 18.0. The minimum Gasteiger partial charge on any atom is -0.497 e. The molecule has 0 unspecified atom stereocenters. The summed E-state index contributed by atoms with van der Waals surface area (Å²) in [6, 6.07) is 13.8. The topological polar surface area (TPSA) is 84.0 Å². The molecular formula is C22H31IN4O3. The molecule has 2 rings (SSSR count). The summed E-state index contributed by atoms with van der Waals surface area (Å²) in [4.78, 5) is 16.2.